The number of ether oxygens (including phenoxy) is 4. The largest absolute Gasteiger partial charge is 0.472 e. The van der Waals surface area contributed by atoms with Crippen LogP contribution in [0.25, 0.3) is 0 Å². The summed E-state index contributed by atoms with van der Waals surface area (Å²) in [4.78, 5) is 73.0. The van der Waals surface area contributed by atoms with Gasteiger partial charge in [-0.05, 0) is 148 Å². The second-order valence-electron chi connectivity index (χ2n) is 27.3. The summed E-state index contributed by atoms with van der Waals surface area (Å²) in [5.41, 5.74) is 0. The Morgan fingerprint density at radius 2 is 0.490 bits per heavy atom. The van der Waals surface area contributed by atoms with Gasteiger partial charge >= 0.3 is 39.5 Å². The number of carbonyl (C=O) groups excluding carboxylic acids is 4. The molecule has 17 nitrogen and oxygen atoms in total. The zero-order valence-electron chi connectivity index (χ0n) is 65.7. The highest BCUT2D eigenvalue weighted by atomic mass is 31.2. The molecule has 0 heterocycles. The summed E-state index contributed by atoms with van der Waals surface area (Å²) >= 11 is 0. The van der Waals surface area contributed by atoms with E-state index in [9.17, 15) is 43.2 Å². The lowest BCUT2D eigenvalue weighted by Gasteiger charge is -2.21. The molecule has 104 heavy (non-hydrogen) atoms. The lowest BCUT2D eigenvalue weighted by Crippen LogP contribution is -2.30. The lowest BCUT2D eigenvalue weighted by atomic mass is 10.1. The van der Waals surface area contributed by atoms with Crippen molar-refractivity contribution in [3.63, 3.8) is 0 Å². The third-order valence-electron chi connectivity index (χ3n) is 17.2. The molecule has 0 aliphatic heterocycles. The molecular weight excluding hydrogens is 1350 g/mol. The van der Waals surface area contributed by atoms with Gasteiger partial charge < -0.3 is 33.8 Å². The number of hydrogen-bond donors (Lipinski definition) is 3. The topological polar surface area (TPSA) is 237 Å². The number of unbranched alkanes of at least 4 members (excludes halogenated alkanes) is 33. The monoisotopic (exact) mass is 1500 g/mol. The quantitative estimate of drug-likeness (QED) is 0.0169. The second-order valence-corrected chi connectivity index (χ2v) is 30.3. The van der Waals surface area contributed by atoms with Crippen LogP contribution in [0, 0.1) is 0 Å². The molecule has 0 saturated heterocycles. The van der Waals surface area contributed by atoms with Gasteiger partial charge in [0.15, 0.2) is 12.2 Å². The first-order chi connectivity index (χ1) is 50.7. The van der Waals surface area contributed by atoms with Crippen LogP contribution in [0.5, 0.6) is 0 Å². The average molecular weight is 1500 g/mol. The van der Waals surface area contributed by atoms with Gasteiger partial charge in [-0.25, -0.2) is 9.13 Å². The van der Waals surface area contributed by atoms with E-state index >= 15 is 0 Å². The van der Waals surface area contributed by atoms with Crippen LogP contribution in [-0.2, 0) is 65.4 Å². The SMILES string of the molecule is CCCCC/C=C\C/C=C\C/C=C\C/C=C\C/C=C\CCC(=O)O[C@H](COC(=O)CCCCCCC/C=C\C/C=C\CCCCC)COP(=O)(O)OC[C@@H](O)COP(=O)(O)OC[C@@H](COC(=O)CCCCCCCCC/C=C\CCCCCC)OC(=O)CCCCCCC/C=C\CCCCCCCC. The van der Waals surface area contributed by atoms with Crippen molar-refractivity contribution in [1.82, 2.24) is 0 Å². The minimum absolute atomic E-state index is 0.0324. The maximum atomic E-state index is 13.1. The second kappa shape index (κ2) is 76.9. The number of phosphoric ester groups is 2. The fourth-order valence-electron chi connectivity index (χ4n) is 10.9. The Balaban J connectivity index is 5.44. The summed E-state index contributed by atoms with van der Waals surface area (Å²) in [6.07, 6.45) is 83.6. The van der Waals surface area contributed by atoms with Crippen LogP contribution in [0.3, 0.4) is 0 Å². The molecule has 0 aromatic carbocycles. The number of carbonyl (C=O) groups is 4. The third-order valence-corrected chi connectivity index (χ3v) is 19.1. The van der Waals surface area contributed by atoms with Crippen molar-refractivity contribution in [3.05, 3.63) is 109 Å². The Bertz CT molecular complexity index is 2390. The lowest BCUT2D eigenvalue weighted by molar-refractivity contribution is -0.161. The molecule has 0 aromatic rings. The molecule has 0 bridgehead atoms. The van der Waals surface area contributed by atoms with Crippen LogP contribution in [-0.4, -0.2) is 96.7 Å². The van der Waals surface area contributed by atoms with E-state index in [0.29, 0.717) is 32.1 Å². The number of phosphoric acid groups is 2. The van der Waals surface area contributed by atoms with Crippen LogP contribution in [0.15, 0.2) is 109 Å². The number of esters is 4. The Kier molecular flexibility index (Phi) is 73.7. The molecule has 0 spiro atoms. The minimum atomic E-state index is -5.00. The van der Waals surface area contributed by atoms with E-state index in [1.54, 1.807) is 0 Å². The molecule has 0 saturated carbocycles. The fraction of sp³-hybridized carbons (Fsp3) is 0.741. The maximum Gasteiger partial charge on any atom is 0.472 e. The number of aliphatic hydroxyl groups is 1. The Morgan fingerprint density at radius 1 is 0.269 bits per heavy atom. The number of rotatable bonds is 77. The summed E-state index contributed by atoms with van der Waals surface area (Å²) in [5.74, 6) is -2.29. The molecule has 0 fully saturated rings. The van der Waals surface area contributed by atoms with Gasteiger partial charge in [-0.15, -0.1) is 0 Å². The minimum Gasteiger partial charge on any atom is -0.462 e. The van der Waals surface area contributed by atoms with Gasteiger partial charge in [0.25, 0.3) is 0 Å². The zero-order chi connectivity index (χ0) is 76.0. The van der Waals surface area contributed by atoms with Crippen molar-refractivity contribution in [3.8, 4) is 0 Å². The smallest absolute Gasteiger partial charge is 0.462 e. The maximum absolute atomic E-state index is 13.1. The zero-order valence-corrected chi connectivity index (χ0v) is 67.5. The van der Waals surface area contributed by atoms with Gasteiger partial charge in [-0.2, -0.15) is 0 Å². The Labute approximate surface area is 632 Å². The molecule has 0 amide bonds. The van der Waals surface area contributed by atoms with Gasteiger partial charge in [-0.3, -0.25) is 37.3 Å². The van der Waals surface area contributed by atoms with Crippen molar-refractivity contribution in [2.75, 3.05) is 39.6 Å². The summed E-state index contributed by atoms with van der Waals surface area (Å²) in [6, 6.07) is 0. The van der Waals surface area contributed by atoms with E-state index in [-0.39, 0.29) is 25.7 Å². The Morgan fingerprint density at radius 3 is 0.817 bits per heavy atom. The highest BCUT2D eigenvalue weighted by molar-refractivity contribution is 7.47. The van der Waals surface area contributed by atoms with E-state index in [2.05, 4.69) is 119 Å². The third kappa shape index (κ3) is 75.9. The molecule has 0 aliphatic carbocycles. The molecule has 0 radical (unpaired) electrons. The van der Waals surface area contributed by atoms with Crippen LogP contribution in [0.1, 0.15) is 349 Å². The summed E-state index contributed by atoms with van der Waals surface area (Å²) < 4.78 is 68.6. The van der Waals surface area contributed by atoms with E-state index < -0.39 is 97.5 Å². The number of aliphatic hydroxyl groups excluding tert-OH is 1. The van der Waals surface area contributed by atoms with Gasteiger partial charge in [0.2, 0.25) is 0 Å². The average Bonchev–Trinajstić information content (AvgIpc) is 0.943. The normalized spacial score (nSPS) is 14.4. The predicted octanol–water partition coefficient (Wildman–Crippen LogP) is 24.1. The van der Waals surface area contributed by atoms with Crippen molar-refractivity contribution in [2.24, 2.45) is 0 Å². The van der Waals surface area contributed by atoms with Gasteiger partial charge in [0.1, 0.15) is 19.3 Å². The molecule has 3 N–H and O–H groups in total. The first-order valence-corrected chi connectivity index (χ1v) is 44.1. The number of allylic oxidation sites excluding steroid dienone is 18. The van der Waals surface area contributed by atoms with E-state index in [1.165, 1.54) is 116 Å². The van der Waals surface area contributed by atoms with E-state index in [0.717, 1.165) is 148 Å². The molecule has 19 heteroatoms. The van der Waals surface area contributed by atoms with Crippen molar-refractivity contribution in [2.45, 2.75) is 367 Å². The molecule has 0 aliphatic rings. The van der Waals surface area contributed by atoms with Crippen molar-refractivity contribution < 1.29 is 80.2 Å². The molecule has 0 rings (SSSR count). The summed E-state index contributed by atoms with van der Waals surface area (Å²) in [7, 11) is -9.99. The van der Waals surface area contributed by atoms with Gasteiger partial charge in [0.05, 0.1) is 26.4 Å². The van der Waals surface area contributed by atoms with E-state index in [4.69, 9.17) is 37.0 Å². The van der Waals surface area contributed by atoms with Crippen LogP contribution in [0.2, 0.25) is 0 Å². The van der Waals surface area contributed by atoms with E-state index in [1.807, 2.05) is 18.2 Å². The van der Waals surface area contributed by atoms with Gasteiger partial charge in [0, 0.05) is 25.7 Å². The standard InChI is InChI=1S/C85H148O17P2/c1-5-9-13-17-21-25-29-33-37-38-39-40-44-48-52-56-60-64-68-72-85(90)102-81(76-96-83(88)70-66-62-58-54-50-46-42-35-31-27-23-19-15-11-7-3)78-100-104(93,94)98-74-79(86)73-97-103(91,92)99-77-80(101-84(89)71-67-63-59-55-51-47-43-36-32-28-24-20-16-12-8-4)75-95-82(87)69-65-61-57-53-49-45-41-34-30-26-22-18-14-10-6-2/h21,23,25-27,30,33,35-37,39-40,42-43,48,52,60,64,79-81,86H,5-20,22,24,28-29,31-32,34,38,41,44-47,49-51,53-59,61-63,65-78H2,1-4H3,(H,91,92)(H,93,94)/b25-21-,27-23-,30-26-,37-33-,40-39-,42-35-,43-36-,52-48-,64-60-/t79-,80+,81+/m0/s1. The van der Waals surface area contributed by atoms with Gasteiger partial charge in [-0.1, -0.05) is 285 Å². The van der Waals surface area contributed by atoms with Crippen LogP contribution in [0.4, 0.5) is 0 Å². The highest BCUT2D eigenvalue weighted by Gasteiger charge is 2.30. The fourth-order valence-corrected chi connectivity index (χ4v) is 12.4. The molecular formula is C85H148O17P2. The molecule has 600 valence electrons. The molecule has 0 aromatic heterocycles. The molecule has 2 unspecified atom stereocenters. The van der Waals surface area contributed by atoms with Crippen molar-refractivity contribution >= 4 is 39.5 Å². The van der Waals surface area contributed by atoms with Crippen LogP contribution < -0.4 is 0 Å². The van der Waals surface area contributed by atoms with Crippen molar-refractivity contribution in [1.29, 1.82) is 0 Å². The molecule has 5 atom stereocenters. The number of hydrogen-bond acceptors (Lipinski definition) is 15. The Hall–Kier alpha value is -4.28. The summed E-state index contributed by atoms with van der Waals surface area (Å²) in [6.45, 7) is 4.73. The summed E-state index contributed by atoms with van der Waals surface area (Å²) in [5, 5.41) is 10.6. The van der Waals surface area contributed by atoms with Crippen LogP contribution >= 0.6 is 15.6 Å². The predicted molar refractivity (Wildman–Crippen MR) is 427 cm³/mol. The highest BCUT2D eigenvalue weighted by Crippen LogP contribution is 2.45. The first kappa shape index (κ1) is 99.7. The first-order valence-electron chi connectivity index (χ1n) is 41.1.